The molecular weight excluding hydrogens is 1220 g/mol. The SMILES string of the molecule is CC.CC(=S)[S-].CC(I)(I)I.CC(I)I.C[CH-]I.Cc1nnc(N)s1.S=C=S.[K+].[V]. The van der Waals surface area contributed by atoms with Gasteiger partial charge in [0.1, 0.15) is 4.44 Å². The molecule has 0 saturated heterocycles. The van der Waals surface area contributed by atoms with E-state index < -0.39 is 0 Å². The number of aromatic nitrogens is 2. The maximum absolute atomic E-state index is 5.22. The van der Waals surface area contributed by atoms with Gasteiger partial charge in [-0.15, -0.1) is 10.2 Å². The zero-order valence-electron chi connectivity index (χ0n) is 17.9. The maximum atomic E-state index is 5.22. The third-order valence-electron chi connectivity index (χ3n) is 0.542. The minimum Gasteiger partial charge on any atom is -0.433 e. The van der Waals surface area contributed by atoms with Crippen LogP contribution in [-0.2, 0) is 31.2 Å². The zero-order chi connectivity index (χ0) is 24.3. The Balaban J connectivity index is -0.0000000322. The van der Waals surface area contributed by atoms with E-state index in [1.165, 1.54) is 11.3 Å². The molecule has 0 unspecified atom stereocenters. The van der Waals surface area contributed by atoms with Gasteiger partial charge in [0.2, 0.25) is 5.13 Å². The van der Waals surface area contributed by atoms with Gasteiger partial charge >= 0.3 is 51.4 Å². The molecule has 1 aromatic rings. The first-order chi connectivity index (χ1) is 12.6. The van der Waals surface area contributed by atoms with Gasteiger partial charge in [0.25, 0.3) is 0 Å². The van der Waals surface area contributed by atoms with E-state index in [4.69, 9.17) is 5.73 Å². The Bertz CT molecular complexity index is 434. The largest absolute Gasteiger partial charge is 1.00 e. The van der Waals surface area contributed by atoms with Crippen LogP contribution in [0.4, 0.5) is 5.13 Å². The summed E-state index contributed by atoms with van der Waals surface area (Å²) in [5.41, 5.74) is 5.22. The second kappa shape index (κ2) is 48.5. The molecule has 0 aliphatic rings. The second-order valence-corrected chi connectivity index (χ2v) is 26.6. The number of hydrogen-bond acceptors (Lipinski definition) is 8. The summed E-state index contributed by atoms with van der Waals surface area (Å²) in [5, 5.41) is 8.68. The van der Waals surface area contributed by atoms with Crippen molar-refractivity contribution in [3.8, 4) is 0 Å². The molecule has 1 aromatic heterocycles. The third kappa shape index (κ3) is 161. The van der Waals surface area contributed by atoms with Gasteiger partial charge in [-0.05, 0) is 45.2 Å². The first-order valence-corrected chi connectivity index (χ1v) is 16.5. The van der Waals surface area contributed by atoms with E-state index in [-0.39, 0.29) is 69.9 Å². The molecule has 0 bridgehead atoms. The van der Waals surface area contributed by atoms with E-state index in [0.29, 0.717) is 8.76 Å². The Morgan fingerprint density at radius 2 is 1.40 bits per heavy atom. The molecule has 30 heavy (non-hydrogen) atoms. The molecule has 0 atom stereocenters. The van der Waals surface area contributed by atoms with Gasteiger partial charge in [0.05, 0.1) is 1.93 Å². The molecule has 1 radical (unpaired) electrons. The molecule has 2 N–H and O–H groups in total. The number of thiocarbonyl (C=S) groups is 3. The molecule has 3 nitrogen and oxygen atoms in total. The van der Waals surface area contributed by atoms with Gasteiger partial charge in [0.15, 0.2) is 0 Å². The summed E-state index contributed by atoms with van der Waals surface area (Å²) in [6.07, 6.45) is 0. The average Bonchev–Trinajstić information content (AvgIpc) is 2.83. The molecule has 0 aromatic carbocycles. The van der Waals surface area contributed by atoms with Crippen molar-refractivity contribution in [3.05, 3.63) is 9.44 Å². The standard InChI is InChI=1S/C3H5N3S.C2H3I3.C2H4I2.C2H4I.C2H4S2.C2H6.CS2.K.V/c1-2-5-6-3(4)7-2;1-2(3,4)5;1-2(3)4;1-2-3;1-2(3)4;1-2;2-1-3;;/h1H3,(H2,4,6);1H3;2H,1H3;2H,1H3;1H3,(H,3,4);1-2H3;;;/q;;;-1;;;;+1;/p-1. The minimum atomic E-state index is 0. The summed E-state index contributed by atoms with van der Waals surface area (Å²) in [5.74, 6) is 0. The number of rotatable bonds is 0. The summed E-state index contributed by atoms with van der Waals surface area (Å²) in [4.78, 5) is 0. The van der Waals surface area contributed by atoms with Crippen LogP contribution in [-0.4, -0.2) is 20.1 Å². The van der Waals surface area contributed by atoms with E-state index in [0.717, 1.165) is 6.94 Å². The van der Waals surface area contributed by atoms with Crippen LogP contribution in [0.25, 0.3) is 0 Å². The predicted octanol–water partition coefficient (Wildman–Crippen LogP) is 7.13. The number of anilines is 1. The van der Waals surface area contributed by atoms with Crippen molar-refractivity contribution in [1.29, 1.82) is 0 Å². The molecule has 175 valence electrons. The predicted molar refractivity (Wildman–Crippen MR) is 198 cm³/mol. The fourth-order valence-electron chi connectivity index (χ4n) is 0.312. The van der Waals surface area contributed by atoms with E-state index >= 15 is 0 Å². The molecule has 16 heteroatoms. The molecule has 0 aliphatic carbocycles. The Morgan fingerprint density at radius 3 is 1.43 bits per heavy atom. The molecule has 0 amide bonds. The van der Waals surface area contributed by atoms with Crippen molar-refractivity contribution in [2.75, 3.05) is 5.73 Å². The fraction of sp³-hybridized carbons (Fsp3) is 0.643. The first-order valence-electron chi connectivity index (χ1n) is 7.04. The third-order valence-corrected chi connectivity index (χ3v) is 1.21. The van der Waals surface area contributed by atoms with Gasteiger partial charge in [-0.1, -0.05) is 145 Å². The van der Waals surface area contributed by atoms with Crippen molar-refractivity contribution >= 4 is 210 Å². The number of nitrogens with two attached hydrogens (primary N) is 1. The Kier molecular flexibility index (Phi) is 91.6. The van der Waals surface area contributed by atoms with Gasteiger partial charge in [-0.3, -0.25) is 4.43 Å². The molecular formula is C14H25I6KN3S5V-. The summed E-state index contributed by atoms with van der Waals surface area (Å²) < 4.78 is 5.65. The average molecular weight is 1250 g/mol. The van der Waals surface area contributed by atoms with Gasteiger partial charge in [-0.25, -0.2) is 0 Å². The summed E-state index contributed by atoms with van der Waals surface area (Å²) in [6.45, 7) is 13.9. The number of nitrogens with zero attached hydrogens (tertiary/aromatic N) is 2. The number of nitrogen functional groups attached to an aromatic ring is 1. The van der Waals surface area contributed by atoms with E-state index in [2.05, 4.69) is 209 Å². The van der Waals surface area contributed by atoms with E-state index in [9.17, 15) is 0 Å². The van der Waals surface area contributed by atoms with Crippen LogP contribution in [0, 0.1) is 11.4 Å². The van der Waals surface area contributed by atoms with Crippen LogP contribution in [0.3, 0.4) is 0 Å². The van der Waals surface area contributed by atoms with Crippen LogP contribution in [0.15, 0.2) is 0 Å². The van der Waals surface area contributed by atoms with Crippen LogP contribution in [0.1, 0.15) is 46.6 Å². The first kappa shape index (κ1) is 56.6. The summed E-state index contributed by atoms with van der Waals surface area (Å²) >= 11 is 31.9. The van der Waals surface area contributed by atoms with E-state index in [1.54, 1.807) is 6.92 Å². The number of halogens is 6. The number of aryl methyl sites for hydroxylation is 1. The topological polar surface area (TPSA) is 51.8 Å². The van der Waals surface area contributed by atoms with Crippen LogP contribution in [0.5, 0.6) is 0 Å². The number of hydrogen-bond donors (Lipinski definition) is 1. The normalized spacial score (nSPS) is 7.27. The Hall–Kier alpha value is 6.49. The van der Waals surface area contributed by atoms with Gasteiger partial charge < -0.3 is 53.2 Å². The Morgan fingerprint density at radius 1 is 1.23 bits per heavy atom. The van der Waals surface area contributed by atoms with Crippen LogP contribution >= 0.6 is 184 Å². The monoisotopic (exact) mass is 1250 g/mol. The quantitative estimate of drug-likeness (QED) is 0.0743. The second-order valence-electron chi connectivity index (χ2n) is 3.25. The molecule has 0 aliphatic heterocycles. The smallest absolute Gasteiger partial charge is 0.433 e. The molecule has 1 heterocycles. The number of alkyl halides is 5. The van der Waals surface area contributed by atoms with Gasteiger partial charge in [0, 0.05) is 22.9 Å². The summed E-state index contributed by atoms with van der Waals surface area (Å²) in [6, 6.07) is 0. The maximum Gasteiger partial charge on any atom is 1.00 e. The summed E-state index contributed by atoms with van der Waals surface area (Å²) in [7, 11) is 0. The molecule has 1 rings (SSSR count). The minimum absolute atomic E-state index is 0. The molecule has 0 saturated carbocycles. The van der Waals surface area contributed by atoms with Gasteiger partial charge in [-0.2, -0.15) is 11.1 Å². The van der Waals surface area contributed by atoms with Crippen molar-refractivity contribution in [3.63, 3.8) is 0 Å². The van der Waals surface area contributed by atoms with Crippen molar-refractivity contribution < 1.29 is 69.9 Å². The van der Waals surface area contributed by atoms with Crippen LogP contribution < -0.4 is 57.1 Å². The van der Waals surface area contributed by atoms with Crippen molar-refractivity contribution in [1.82, 2.24) is 10.2 Å². The zero-order valence-corrected chi connectivity index (χ0v) is 39.4. The van der Waals surface area contributed by atoms with E-state index in [1.807, 2.05) is 36.4 Å². The fourth-order valence-corrected chi connectivity index (χ4v) is 0.778. The van der Waals surface area contributed by atoms with Crippen molar-refractivity contribution in [2.45, 2.75) is 49.8 Å². The molecule has 0 fully saturated rings. The van der Waals surface area contributed by atoms with Crippen molar-refractivity contribution in [2.24, 2.45) is 0 Å². The van der Waals surface area contributed by atoms with Crippen LogP contribution in [0.2, 0.25) is 0 Å². The molecule has 0 spiro atoms. The Labute approximate surface area is 346 Å².